The molecule has 3 atom stereocenters. The van der Waals surface area contributed by atoms with Crippen molar-refractivity contribution in [3.8, 4) is 0 Å². The number of unbranched alkanes of at least 4 members (excludes halogenated alkanes) is 1. The second kappa shape index (κ2) is 8.88. The molecule has 0 aromatic carbocycles. The Morgan fingerprint density at radius 2 is 2.00 bits per heavy atom. The summed E-state index contributed by atoms with van der Waals surface area (Å²) in [7, 11) is 0. The fourth-order valence-corrected chi connectivity index (χ4v) is 2.15. The van der Waals surface area contributed by atoms with Crippen molar-refractivity contribution in [2.24, 2.45) is 5.92 Å². The number of aliphatic hydroxyl groups is 1. The summed E-state index contributed by atoms with van der Waals surface area (Å²) < 4.78 is 0. The Labute approximate surface area is 103 Å². The maximum atomic E-state index is 11.8. The van der Waals surface area contributed by atoms with Crippen LogP contribution in [-0.2, 0) is 4.79 Å². The third-order valence-corrected chi connectivity index (χ3v) is 3.98. The van der Waals surface area contributed by atoms with Crippen LogP contribution in [0.5, 0.6) is 0 Å². The van der Waals surface area contributed by atoms with E-state index in [-0.39, 0.29) is 29.7 Å². The molecule has 16 heavy (non-hydrogen) atoms. The lowest BCUT2D eigenvalue weighted by Gasteiger charge is -2.21. The van der Waals surface area contributed by atoms with E-state index in [2.05, 4.69) is 12.2 Å². The van der Waals surface area contributed by atoms with Gasteiger partial charge in [0, 0.05) is 12.6 Å². The lowest BCUT2D eigenvalue weighted by atomic mass is 10.1. The minimum Gasteiger partial charge on any atom is -0.396 e. The van der Waals surface area contributed by atoms with Crippen LogP contribution >= 0.6 is 11.8 Å². The van der Waals surface area contributed by atoms with Gasteiger partial charge in [0.2, 0.25) is 5.91 Å². The van der Waals surface area contributed by atoms with Crippen molar-refractivity contribution >= 4 is 17.7 Å². The molecule has 2 N–H and O–H groups in total. The molecule has 0 radical (unpaired) electrons. The molecule has 0 aromatic heterocycles. The zero-order chi connectivity index (χ0) is 12.6. The Morgan fingerprint density at radius 3 is 2.50 bits per heavy atom. The summed E-state index contributed by atoms with van der Waals surface area (Å²) >= 11 is 1.70. The van der Waals surface area contributed by atoms with Crippen LogP contribution in [0, 0.1) is 5.92 Å². The molecule has 0 spiro atoms. The van der Waals surface area contributed by atoms with Crippen LogP contribution in [0.1, 0.15) is 40.5 Å². The van der Waals surface area contributed by atoms with Gasteiger partial charge in [-0.3, -0.25) is 4.79 Å². The first kappa shape index (κ1) is 15.8. The third-order valence-electron chi connectivity index (χ3n) is 2.75. The summed E-state index contributed by atoms with van der Waals surface area (Å²) in [5.74, 6) is 1.22. The minimum atomic E-state index is -0.0000992. The number of carbonyl (C=O) groups excluding carboxylic acids is 1. The molecule has 0 saturated heterocycles. The van der Waals surface area contributed by atoms with Gasteiger partial charge in [0.15, 0.2) is 0 Å². The molecule has 0 saturated carbocycles. The van der Waals surface area contributed by atoms with Crippen LogP contribution in [0.25, 0.3) is 0 Å². The summed E-state index contributed by atoms with van der Waals surface area (Å²) in [6.07, 6.45) is 2.32. The average Bonchev–Trinajstić information content (AvgIpc) is 2.27. The number of rotatable bonds is 8. The van der Waals surface area contributed by atoms with Crippen molar-refractivity contribution in [1.82, 2.24) is 5.32 Å². The van der Waals surface area contributed by atoms with E-state index < -0.39 is 0 Å². The molecule has 0 heterocycles. The van der Waals surface area contributed by atoms with E-state index in [1.165, 1.54) is 6.42 Å². The molecule has 3 unspecified atom stereocenters. The highest BCUT2D eigenvalue weighted by Crippen LogP contribution is 2.13. The Morgan fingerprint density at radius 1 is 1.38 bits per heavy atom. The number of carbonyl (C=O) groups is 1. The lowest BCUT2D eigenvalue weighted by Crippen LogP contribution is -2.42. The molecule has 0 fully saturated rings. The van der Waals surface area contributed by atoms with Crippen LogP contribution in [0.3, 0.4) is 0 Å². The fraction of sp³-hybridized carbons (Fsp3) is 0.917. The first-order valence-corrected chi connectivity index (χ1v) is 7.10. The topological polar surface area (TPSA) is 49.3 Å². The second-order valence-corrected chi connectivity index (χ2v) is 5.77. The number of thioether (sulfide) groups is 1. The van der Waals surface area contributed by atoms with Crippen molar-refractivity contribution in [1.29, 1.82) is 0 Å². The molecule has 0 rings (SSSR count). The predicted octanol–water partition coefficient (Wildman–Crippen LogP) is 2.04. The van der Waals surface area contributed by atoms with E-state index in [1.54, 1.807) is 11.8 Å². The summed E-state index contributed by atoms with van der Waals surface area (Å²) in [6.45, 7) is 8.06. The summed E-state index contributed by atoms with van der Waals surface area (Å²) in [6, 6.07) is 0.0340. The summed E-state index contributed by atoms with van der Waals surface area (Å²) in [5, 5.41) is 11.9. The van der Waals surface area contributed by atoms with Gasteiger partial charge >= 0.3 is 0 Å². The molecular weight excluding hydrogens is 222 g/mol. The highest BCUT2D eigenvalue weighted by atomic mass is 32.2. The molecule has 4 heteroatoms. The predicted molar refractivity (Wildman–Crippen MR) is 70.7 cm³/mol. The van der Waals surface area contributed by atoms with E-state index in [4.69, 9.17) is 5.11 Å². The van der Waals surface area contributed by atoms with Crippen molar-refractivity contribution in [2.45, 2.75) is 51.8 Å². The second-order valence-electron chi connectivity index (χ2n) is 4.32. The van der Waals surface area contributed by atoms with Crippen molar-refractivity contribution in [3.05, 3.63) is 0 Å². The molecule has 0 bridgehead atoms. The van der Waals surface area contributed by atoms with Gasteiger partial charge in [-0.1, -0.05) is 20.3 Å². The fourth-order valence-electron chi connectivity index (χ4n) is 1.12. The Bertz CT molecular complexity index is 199. The van der Waals surface area contributed by atoms with E-state index in [0.717, 1.165) is 12.2 Å². The van der Waals surface area contributed by atoms with Crippen molar-refractivity contribution in [3.63, 3.8) is 0 Å². The third kappa shape index (κ3) is 6.38. The van der Waals surface area contributed by atoms with Crippen molar-refractivity contribution < 1.29 is 9.90 Å². The number of amides is 1. The van der Waals surface area contributed by atoms with Gasteiger partial charge in [-0.15, -0.1) is 11.8 Å². The van der Waals surface area contributed by atoms with E-state index in [1.807, 2.05) is 20.8 Å². The molecular formula is C12H25NO2S. The van der Waals surface area contributed by atoms with E-state index in [0.29, 0.717) is 0 Å². The molecule has 0 aliphatic carbocycles. The number of hydrogen-bond donors (Lipinski definition) is 2. The minimum absolute atomic E-state index is 0.0000992. The number of hydrogen-bond acceptors (Lipinski definition) is 3. The van der Waals surface area contributed by atoms with Crippen LogP contribution < -0.4 is 5.32 Å². The molecule has 96 valence electrons. The van der Waals surface area contributed by atoms with Crippen molar-refractivity contribution in [2.75, 3.05) is 12.4 Å². The van der Waals surface area contributed by atoms with Gasteiger partial charge in [-0.05, 0) is 31.9 Å². The normalized spacial score (nSPS) is 16.6. The standard InChI is InChI=1S/C12H25NO2S/c1-5-6-7-16-11(4)12(15)13-10(3)9(2)8-14/h9-11,14H,5-8H2,1-4H3,(H,13,15). The van der Waals surface area contributed by atoms with Crippen LogP contribution in [-0.4, -0.2) is 34.7 Å². The summed E-state index contributed by atoms with van der Waals surface area (Å²) in [4.78, 5) is 11.8. The molecule has 1 amide bonds. The number of aliphatic hydroxyl groups excluding tert-OH is 1. The smallest absolute Gasteiger partial charge is 0.233 e. The van der Waals surface area contributed by atoms with Gasteiger partial charge in [0.05, 0.1) is 5.25 Å². The quantitative estimate of drug-likeness (QED) is 0.645. The van der Waals surface area contributed by atoms with Gasteiger partial charge in [-0.25, -0.2) is 0 Å². The van der Waals surface area contributed by atoms with Gasteiger partial charge < -0.3 is 10.4 Å². The molecule has 0 aliphatic heterocycles. The largest absolute Gasteiger partial charge is 0.396 e. The molecule has 0 aromatic rings. The maximum Gasteiger partial charge on any atom is 0.233 e. The van der Waals surface area contributed by atoms with Crippen LogP contribution in [0.15, 0.2) is 0 Å². The average molecular weight is 247 g/mol. The van der Waals surface area contributed by atoms with Gasteiger partial charge in [0.1, 0.15) is 0 Å². The highest BCUT2D eigenvalue weighted by molar-refractivity contribution is 8.00. The maximum absolute atomic E-state index is 11.8. The Balaban J connectivity index is 3.86. The Hall–Kier alpha value is -0.220. The zero-order valence-corrected chi connectivity index (χ0v) is 11.6. The lowest BCUT2D eigenvalue weighted by molar-refractivity contribution is -0.121. The van der Waals surface area contributed by atoms with Crippen LogP contribution in [0.2, 0.25) is 0 Å². The summed E-state index contributed by atoms with van der Waals surface area (Å²) in [5.41, 5.74) is 0. The molecule has 0 aliphatic rings. The van der Waals surface area contributed by atoms with E-state index >= 15 is 0 Å². The first-order valence-electron chi connectivity index (χ1n) is 6.05. The van der Waals surface area contributed by atoms with Gasteiger partial charge in [-0.2, -0.15) is 0 Å². The van der Waals surface area contributed by atoms with Gasteiger partial charge in [0.25, 0.3) is 0 Å². The van der Waals surface area contributed by atoms with E-state index in [9.17, 15) is 4.79 Å². The highest BCUT2D eigenvalue weighted by Gasteiger charge is 2.18. The zero-order valence-electron chi connectivity index (χ0n) is 10.8. The Kier molecular flexibility index (Phi) is 8.76. The monoisotopic (exact) mass is 247 g/mol. The number of nitrogens with one attached hydrogen (secondary N) is 1. The SMILES string of the molecule is CCCCSC(C)C(=O)NC(C)C(C)CO. The first-order chi connectivity index (χ1) is 7.52. The van der Waals surface area contributed by atoms with Crippen LogP contribution in [0.4, 0.5) is 0 Å². The molecule has 3 nitrogen and oxygen atoms in total.